The predicted octanol–water partition coefficient (Wildman–Crippen LogP) is 23.6. The molecule has 0 saturated heterocycles. The summed E-state index contributed by atoms with van der Waals surface area (Å²) in [7, 11) is 0. The molecule has 6 heteroatoms. The predicted molar refractivity (Wildman–Crippen MR) is 335 cm³/mol. The lowest BCUT2D eigenvalue weighted by atomic mass is 10.0. The minimum Gasteiger partial charge on any atom is -0.462 e. The number of unbranched alkanes of at least 4 members (excludes halogenated alkanes) is 47. The summed E-state index contributed by atoms with van der Waals surface area (Å²) < 4.78 is 16.9. The molecule has 6 nitrogen and oxygen atoms in total. The van der Waals surface area contributed by atoms with Gasteiger partial charge in [0.05, 0.1) is 0 Å². The maximum atomic E-state index is 12.9. The monoisotopic (exact) mass is 1080 g/mol. The molecule has 77 heavy (non-hydrogen) atoms. The normalized spacial score (nSPS) is 12.2. The van der Waals surface area contributed by atoms with Gasteiger partial charge in [0, 0.05) is 19.3 Å². The number of allylic oxidation sites excluding steroid dienone is 6. The first-order valence-electron chi connectivity index (χ1n) is 34.5. The highest BCUT2D eigenvalue weighted by Crippen LogP contribution is 2.18. The molecule has 0 aromatic rings. The van der Waals surface area contributed by atoms with E-state index in [4.69, 9.17) is 14.2 Å². The Hall–Kier alpha value is -2.37. The second-order valence-electron chi connectivity index (χ2n) is 23.4. The number of ether oxygens (including phenoxy) is 3. The summed E-state index contributed by atoms with van der Waals surface area (Å²) in [6.45, 7) is 6.64. The van der Waals surface area contributed by atoms with Crippen LogP contribution in [-0.2, 0) is 28.6 Å². The van der Waals surface area contributed by atoms with Gasteiger partial charge in [-0.2, -0.15) is 0 Å². The van der Waals surface area contributed by atoms with Crippen molar-refractivity contribution < 1.29 is 28.6 Å². The summed E-state index contributed by atoms with van der Waals surface area (Å²) >= 11 is 0. The van der Waals surface area contributed by atoms with Crippen molar-refractivity contribution in [2.45, 2.75) is 386 Å². The van der Waals surface area contributed by atoms with Gasteiger partial charge in [-0.25, -0.2) is 0 Å². The molecule has 0 heterocycles. The molecule has 0 aliphatic carbocycles. The lowest BCUT2D eigenvalue weighted by Crippen LogP contribution is -2.30. The Kier molecular flexibility index (Phi) is 64.1. The molecule has 0 radical (unpaired) electrons. The van der Waals surface area contributed by atoms with Crippen molar-refractivity contribution in [2.24, 2.45) is 0 Å². The van der Waals surface area contributed by atoms with E-state index in [1.807, 2.05) is 0 Å². The summed E-state index contributed by atoms with van der Waals surface area (Å²) in [5, 5.41) is 0. The van der Waals surface area contributed by atoms with E-state index in [2.05, 4.69) is 57.2 Å². The lowest BCUT2D eigenvalue weighted by molar-refractivity contribution is -0.167. The van der Waals surface area contributed by atoms with Crippen molar-refractivity contribution >= 4 is 17.9 Å². The minimum atomic E-state index is -0.770. The fourth-order valence-corrected chi connectivity index (χ4v) is 10.4. The minimum absolute atomic E-state index is 0.0692. The van der Waals surface area contributed by atoms with Crippen LogP contribution in [0.1, 0.15) is 380 Å². The van der Waals surface area contributed by atoms with Crippen LogP contribution in [0.15, 0.2) is 36.5 Å². The largest absolute Gasteiger partial charge is 0.462 e. The van der Waals surface area contributed by atoms with Crippen molar-refractivity contribution in [2.75, 3.05) is 13.2 Å². The molecule has 0 amide bonds. The molecule has 0 fully saturated rings. The van der Waals surface area contributed by atoms with Crippen molar-refractivity contribution in [1.29, 1.82) is 0 Å². The SMILES string of the molecule is CCCCCCC/C=C\C/C=C\CCCCCCCCCCCC(=O)OC(COC(=O)CCCCCCCCC)COC(=O)CCCCCCCCCCCCCCCCCCCCC/C=C\CCCCCCCCCC. The van der Waals surface area contributed by atoms with E-state index >= 15 is 0 Å². The van der Waals surface area contributed by atoms with E-state index in [1.165, 1.54) is 276 Å². The Balaban J connectivity index is 4.01. The number of carbonyl (C=O) groups is 3. The van der Waals surface area contributed by atoms with E-state index in [9.17, 15) is 14.4 Å². The maximum Gasteiger partial charge on any atom is 0.306 e. The molecule has 0 aliphatic rings. The van der Waals surface area contributed by atoms with E-state index < -0.39 is 6.10 Å². The first kappa shape index (κ1) is 74.6. The molecule has 0 aliphatic heterocycles. The highest BCUT2D eigenvalue weighted by atomic mass is 16.6. The number of esters is 3. The van der Waals surface area contributed by atoms with Gasteiger partial charge in [-0.05, 0) is 77.0 Å². The lowest BCUT2D eigenvalue weighted by Gasteiger charge is -2.18. The zero-order valence-electron chi connectivity index (χ0n) is 52.0. The highest BCUT2D eigenvalue weighted by molar-refractivity contribution is 5.71. The van der Waals surface area contributed by atoms with Crippen LogP contribution in [0.4, 0.5) is 0 Å². The number of carbonyl (C=O) groups excluding carboxylic acids is 3. The van der Waals surface area contributed by atoms with E-state index in [-0.39, 0.29) is 31.1 Å². The van der Waals surface area contributed by atoms with Crippen LogP contribution in [0.3, 0.4) is 0 Å². The summed E-state index contributed by atoms with van der Waals surface area (Å²) in [5.74, 6) is -0.857. The fraction of sp³-hybridized carbons (Fsp3) is 0.873. The Morgan fingerprint density at radius 2 is 0.468 bits per heavy atom. The van der Waals surface area contributed by atoms with Crippen molar-refractivity contribution in [3.05, 3.63) is 36.5 Å². The van der Waals surface area contributed by atoms with Gasteiger partial charge < -0.3 is 14.2 Å². The highest BCUT2D eigenvalue weighted by Gasteiger charge is 2.19. The Labute approximate surface area is 480 Å². The van der Waals surface area contributed by atoms with Crippen LogP contribution < -0.4 is 0 Å². The number of hydrogen-bond donors (Lipinski definition) is 0. The van der Waals surface area contributed by atoms with Crippen LogP contribution >= 0.6 is 0 Å². The van der Waals surface area contributed by atoms with E-state index in [0.717, 1.165) is 64.2 Å². The van der Waals surface area contributed by atoms with Gasteiger partial charge in [-0.15, -0.1) is 0 Å². The van der Waals surface area contributed by atoms with Gasteiger partial charge in [0.1, 0.15) is 13.2 Å². The molecule has 1 unspecified atom stereocenters. The van der Waals surface area contributed by atoms with Crippen LogP contribution in [0.5, 0.6) is 0 Å². The second kappa shape index (κ2) is 66.1. The van der Waals surface area contributed by atoms with E-state index in [0.29, 0.717) is 19.3 Å². The quantitative estimate of drug-likeness (QED) is 0.0261. The van der Waals surface area contributed by atoms with Gasteiger partial charge in [-0.3, -0.25) is 14.4 Å². The van der Waals surface area contributed by atoms with Crippen molar-refractivity contribution in [3.63, 3.8) is 0 Å². The van der Waals surface area contributed by atoms with E-state index in [1.54, 1.807) is 0 Å². The third kappa shape index (κ3) is 64.3. The molecule has 0 spiro atoms. The Morgan fingerprint density at radius 3 is 0.727 bits per heavy atom. The topological polar surface area (TPSA) is 78.9 Å². The average molecular weight is 1080 g/mol. The second-order valence-corrected chi connectivity index (χ2v) is 23.4. The van der Waals surface area contributed by atoms with Crippen LogP contribution in [-0.4, -0.2) is 37.2 Å². The van der Waals surface area contributed by atoms with Crippen LogP contribution in [0.25, 0.3) is 0 Å². The smallest absolute Gasteiger partial charge is 0.306 e. The van der Waals surface area contributed by atoms with Crippen molar-refractivity contribution in [3.8, 4) is 0 Å². The number of hydrogen-bond acceptors (Lipinski definition) is 6. The van der Waals surface area contributed by atoms with Gasteiger partial charge >= 0.3 is 17.9 Å². The molecule has 1 atom stereocenters. The maximum absolute atomic E-state index is 12.9. The molecule has 452 valence electrons. The molecular weight excluding hydrogens is 949 g/mol. The molecule has 0 aromatic carbocycles. The third-order valence-corrected chi connectivity index (χ3v) is 15.6. The van der Waals surface area contributed by atoms with Gasteiger partial charge in [0.25, 0.3) is 0 Å². The standard InChI is InChI=1S/C71H132O6/c1-4-7-10-13-16-18-20-22-24-26-28-30-31-32-33-34-35-36-37-38-39-41-42-44-46-48-50-52-55-58-61-64-70(73)76-67-68(66-75-69(72)63-60-57-54-15-12-9-6-3)77-71(74)65-62-59-56-53-51-49-47-45-43-40-29-27-25-23-21-19-17-14-11-8-5-2/h21,23,26-29,68H,4-20,22,24-25,30-67H2,1-3H3/b23-21-,28-26-,29-27-. The number of rotatable bonds is 64. The molecule has 0 aromatic heterocycles. The van der Waals surface area contributed by atoms with Crippen molar-refractivity contribution in [1.82, 2.24) is 0 Å². The summed E-state index contributed by atoms with van der Waals surface area (Å²) in [6, 6.07) is 0. The average Bonchev–Trinajstić information content (AvgIpc) is 3.43. The van der Waals surface area contributed by atoms with Crippen LogP contribution in [0, 0.1) is 0 Å². The molecule has 0 saturated carbocycles. The zero-order chi connectivity index (χ0) is 55.7. The van der Waals surface area contributed by atoms with Gasteiger partial charge in [0.15, 0.2) is 6.10 Å². The molecule has 0 bridgehead atoms. The molecular formula is C71H132O6. The third-order valence-electron chi connectivity index (χ3n) is 15.6. The first-order valence-corrected chi connectivity index (χ1v) is 34.5. The van der Waals surface area contributed by atoms with Crippen LogP contribution in [0.2, 0.25) is 0 Å². The summed E-state index contributed by atoms with van der Waals surface area (Å²) in [4.78, 5) is 38.1. The Morgan fingerprint density at radius 1 is 0.260 bits per heavy atom. The fourth-order valence-electron chi connectivity index (χ4n) is 10.4. The summed E-state index contributed by atoms with van der Waals surface area (Å²) in [5.41, 5.74) is 0. The molecule has 0 rings (SSSR count). The van der Waals surface area contributed by atoms with Gasteiger partial charge in [-0.1, -0.05) is 320 Å². The first-order chi connectivity index (χ1) is 38.0. The Bertz CT molecular complexity index is 1290. The van der Waals surface area contributed by atoms with Gasteiger partial charge in [0.2, 0.25) is 0 Å². The summed E-state index contributed by atoms with van der Waals surface area (Å²) in [6.07, 6.45) is 82.1. The molecule has 0 N–H and O–H groups in total. The zero-order valence-corrected chi connectivity index (χ0v) is 52.0.